The number of esters is 2. The summed E-state index contributed by atoms with van der Waals surface area (Å²) in [7, 11) is 6.07. The van der Waals surface area contributed by atoms with Crippen LogP contribution in [0, 0.1) is 22.7 Å². The Morgan fingerprint density at radius 3 is 1.70 bits per heavy atom. The summed E-state index contributed by atoms with van der Waals surface area (Å²) in [6.07, 6.45) is -16.7. The quantitative estimate of drug-likeness (QED) is 0.0560. The van der Waals surface area contributed by atoms with Crippen LogP contribution in [-0.2, 0) is 90.2 Å². The van der Waals surface area contributed by atoms with Crippen LogP contribution in [0.2, 0.25) is 0 Å². The second-order valence-electron chi connectivity index (χ2n) is 27.1. The van der Waals surface area contributed by atoms with E-state index in [1.54, 1.807) is 41.1 Å². The second kappa shape index (κ2) is 28.9. The van der Waals surface area contributed by atoms with Crippen molar-refractivity contribution in [1.82, 2.24) is 0 Å². The van der Waals surface area contributed by atoms with E-state index in [0.29, 0.717) is 25.7 Å². The largest absolute Gasteiger partial charge is 0.458 e. The molecule has 7 N–H and O–H groups in total. The van der Waals surface area contributed by atoms with Gasteiger partial charge in [-0.3, -0.25) is 9.59 Å². The van der Waals surface area contributed by atoms with Crippen LogP contribution < -0.4 is 0 Å². The number of ether oxygens (including phenoxy) is 16. The zero-order chi connectivity index (χ0) is 66.5. The second-order valence-corrected chi connectivity index (χ2v) is 27.1. The van der Waals surface area contributed by atoms with Crippen LogP contribution in [0.3, 0.4) is 0 Å². The van der Waals surface area contributed by atoms with Gasteiger partial charge in [-0.1, -0.05) is 55.8 Å². The van der Waals surface area contributed by atoms with E-state index < -0.39 is 200 Å². The summed E-state index contributed by atoms with van der Waals surface area (Å²) in [6.45, 7) is 12.9. The number of carbonyl (C=O) groups excluding carboxylic acids is 3. The van der Waals surface area contributed by atoms with Gasteiger partial charge in [0, 0.05) is 78.0 Å². The molecule has 31 atom stereocenters. The highest BCUT2D eigenvalue weighted by Crippen LogP contribution is 2.70. The summed E-state index contributed by atoms with van der Waals surface area (Å²) < 4.78 is 100. The van der Waals surface area contributed by atoms with Gasteiger partial charge in [-0.15, -0.1) is 0 Å². The number of hydrogen-bond acceptors (Lipinski definition) is 26. The molecule has 92 heavy (non-hydrogen) atoms. The van der Waals surface area contributed by atoms with Crippen molar-refractivity contribution in [3.8, 4) is 0 Å². The molecule has 1 aromatic carbocycles. The molecule has 9 aliphatic rings. The molecule has 0 spiro atoms. The van der Waals surface area contributed by atoms with Gasteiger partial charge in [0.25, 0.3) is 0 Å². The minimum Gasteiger partial charge on any atom is -0.458 e. The van der Waals surface area contributed by atoms with Crippen LogP contribution in [0.15, 0.2) is 48.1 Å². The van der Waals surface area contributed by atoms with Gasteiger partial charge in [-0.25, -0.2) is 4.79 Å². The number of aliphatic hydroxyl groups is 7. The van der Waals surface area contributed by atoms with Gasteiger partial charge in [0.15, 0.2) is 31.5 Å². The number of methoxy groups -OCH3 is 4. The first-order chi connectivity index (χ1) is 43.7. The molecule has 518 valence electrons. The molecule has 5 aliphatic heterocycles. The molecule has 5 saturated heterocycles. The van der Waals surface area contributed by atoms with Crippen LogP contribution >= 0.6 is 0 Å². The summed E-state index contributed by atoms with van der Waals surface area (Å²) in [6, 6.07) is 9.19. The maximum atomic E-state index is 13.9. The van der Waals surface area contributed by atoms with Crippen LogP contribution in [0.25, 0.3) is 6.08 Å². The Kier molecular flexibility index (Phi) is 22.4. The predicted octanol–water partition coefficient (Wildman–Crippen LogP) is 2.46. The third-order valence-electron chi connectivity index (χ3n) is 21.8. The molecule has 0 bridgehead atoms. The number of rotatable bonds is 20. The molecule has 26 nitrogen and oxygen atoms in total. The zero-order valence-corrected chi connectivity index (χ0v) is 54.7. The van der Waals surface area contributed by atoms with E-state index in [9.17, 15) is 50.1 Å². The molecule has 31 unspecified atom stereocenters. The summed E-state index contributed by atoms with van der Waals surface area (Å²) in [5.41, 5.74) is -4.59. The highest BCUT2D eigenvalue weighted by Gasteiger charge is 2.81. The molecular weight excluding hydrogens is 1210 g/mol. The highest BCUT2D eigenvalue weighted by molar-refractivity contribution is 5.87. The van der Waals surface area contributed by atoms with Crippen molar-refractivity contribution in [3.63, 3.8) is 0 Å². The molecule has 10 rings (SSSR count). The van der Waals surface area contributed by atoms with E-state index in [0.717, 1.165) is 11.1 Å². The van der Waals surface area contributed by atoms with Gasteiger partial charge in [0.1, 0.15) is 90.2 Å². The van der Waals surface area contributed by atoms with Crippen molar-refractivity contribution in [2.24, 2.45) is 22.7 Å². The van der Waals surface area contributed by atoms with Crippen LogP contribution in [0.5, 0.6) is 0 Å². The number of benzene rings is 1. The SMILES string of the molecule is COC1CC(OC2CCC3(C)C(=CCC4(O)C3C(OC(C)=O)C(OC(=O)C=Cc3ccccc3)C3(C)C(C(C)=O)CCC43O)C2)OC(C)C1OC1CC(OC)C(OC2CC(OC)C(OC3OC(C)C(OC4OC(CO)C(O)C(O)C4O)C(OC)C3O)C(C)O2)C(C)O1. The summed E-state index contributed by atoms with van der Waals surface area (Å²) in [4.78, 5) is 40.7. The Hall–Kier alpha value is -3.53. The van der Waals surface area contributed by atoms with Crippen molar-refractivity contribution in [1.29, 1.82) is 0 Å². The first-order valence-electron chi connectivity index (χ1n) is 32.4. The van der Waals surface area contributed by atoms with Gasteiger partial charge >= 0.3 is 11.9 Å². The van der Waals surface area contributed by atoms with Crippen LogP contribution in [-0.4, -0.2) is 253 Å². The fourth-order valence-corrected chi connectivity index (χ4v) is 17.0. The molecule has 0 radical (unpaired) electrons. The molecule has 1 aromatic rings. The lowest BCUT2D eigenvalue weighted by Crippen LogP contribution is -2.80. The number of carbonyl (C=O) groups is 3. The van der Waals surface area contributed by atoms with Gasteiger partial charge < -0.3 is 112 Å². The topological polar surface area (TPSA) is 340 Å². The predicted molar refractivity (Wildman–Crippen MR) is 319 cm³/mol. The highest BCUT2D eigenvalue weighted by atomic mass is 16.8. The molecule has 0 amide bonds. The average molecular weight is 1310 g/mol. The maximum Gasteiger partial charge on any atom is 0.331 e. The molecular formula is C66H98O26. The van der Waals surface area contributed by atoms with E-state index in [1.165, 1.54) is 34.1 Å². The standard InChI is InChI=1S/C66H98O26/c1-31(68)40-22-25-66(76)64(40,8)60(88-45(70)19-18-37-16-14-13-15-17-37)58(85-36(6)69)59-63(7)23-21-39(26-38(63)20-24-65(59,66)75)86-46-27-41(77-9)53(32(2)81-46)89-47-28-42(78-10)54(33(3)82-47)90-48-29-43(79-11)55(34(4)83-48)91-62-52(74)57(80-12)56(35(5)84-62)92-61-51(73)50(72)49(71)44(30-67)87-61/h13-20,32-35,39-44,46-62,67,71-76H,21-30H2,1-12H3. The minimum atomic E-state index is -1.93. The first kappa shape index (κ1) is 71.2. The molecule has 8 fully saturated rings. The molecule has 4 aliphatic carbocycles. The zero-order valence-electron chi connectivity index (χ0n) is 54.7. The summed E-state index contributed by atoms with van der Waals surface area (Å²) >= 11 is 0. The van der Waals surface area contributed by atoms with Gasteiger partial charge in [-0.05, 0) is 90.2 Å². The van der Waals surface area contributed by atoms with E-state index in [4.69, 9.17) is 75.8 Å². The average Bonchev–Trinajstić information content (AvgIpc) is 1.28. The monoisotopic (exact) mass is 1310 g/mol. The maximum absolute atomic E-state index is 13.9. The van der Waals surface area contributed by atoms with E-state index in [1.807, 2.05) is 57.2 Å². The normalized spacial score (nSPS) is 48.0. The molecule has 26 heteroatoms. The van der Waals surface area contributed by atoms with Gasteiger partial charge in [-0.2, -0.15) is 0 Å². The van der Waals surface area contributed by atoms with Crippen LogP contribution in [0.4, 0.5) is 0 Å². The third-order valence-corrected chi connectivity index (χ3v) is 21.8. The first-order valence-corrected chi connectivity index (χ1v) is 32.4. The Balaban J connectivity index is 0.747. The van der Waals surface area contributed by atoms with Crippen molar-refractivity contribution in [2.45, 2.75) is 278 Å². The lowest BCUT2D eigenvalue weighted by Gasteiger charge is -2.68. The van der Waals surface area contributed by atoms with Gasteiger partial charge in [0.2, 0.25) is 0 Å². The van der Waals surface area contributed by atoms with E-state index in [2.05, 4.69) is 0 Å². The molecule has 3 saturated carbocycles. The number of Topliss-reactive ketones (excluding diaryl/α,β-unsaturated/α-hetero) is 1. The molecule has 0 aromatic heterocycles. The van der Waals surface area contributed by atoms with Crippen molar-refractivity contribution < 1.29 is 126 Å². The van der Waals surface area contributed by atoms with Gasteiger partial charge in [0.05, 0.1) is 55.4 Å². The smallest absolute Gasteiger partial charge is 0.331 e. The van der Waals surface area contributed by atoms with E-state index >= 15 is 0 Å². The Labute approximate surface area is 537 Å². The lowest BCUT2D eigenvalue weighted by atomic mass is 9.42. The summed E-state index contributed by atoms with van der Waals surface area (Å²) in [5.74, 6) is -3.43. The Bertz CT molecular complexity index is 2740. The minimum absolute atomic E-state index is 0.0148. The van der Waals surface area contributed by atoms with Crippen LogP contribution in [0.1, 0.15) is 119 Å². The Morgan fingerprint density at radius 1 is 0.609 bits per heavy atom. The molecule has 5 heterocycles. The fourth-order valence-electron chi connectivity index (χ4n) is 17.0. The Morgan fingerprint density at radius 2 is 1.15 bits per heavy atom. The number of aliphatic hydroxyl groups excluding tert-OH is 5. The van der Waals surface area contributed by atoms with Crippen molar-refractivity contribution in [3.05, 3.63) is 53.6 Å². The van der Waals surface area contributed by atoms with Crippen molar-refractivity contribution in [2.75, 3.05) is 35.0 Å². The third kappa shape index (κ3) is 13.4. The number of fused-ring (bicyclic) bond motifs is 5. The number of ketones is 1. The number of hydrogen-bond donors (Lipinski definition) is 7. The van der Waals surface area contributed by atoms with E-state index in [-0.39, 0.29) is 44.0 Å². The fraction of sp³-hybridized carbons (Fsp3) is 0.803. The van der Waals surface area contributed by atoms with Crippen molar-refractivity contribution >= 4 is 23.8 Å². The summed E-state index contributed by atoms with van der Waals surface area (Å²) in [5, 5.41) is 79.1. The lowest BCUT2D eigenvalue weighted by molar-refractivity contribution is -0.374.